The van der Waals surface area contributed by atoms with Crippen LogP contribution in [0.4, 0.5) is 0 Å². The molecule has 1 unspecified atom stereocenters. The van der Waals surface area contributed by atoms with Crippen LogP contribution < -0.4 is 11.1 Å². The number of unbranched alkanes of at least 4 members (excludes halogenated alkanes) is 1. The fourth-order valence-electron chi connectivity index (χ4n) is 2.89. The van der Waals surface area contributed by atoms with Crippen molar-refractivity contribution < 1.29 is 9.59 Å². The predicted molar refractivity (Wildman–Crippen MR) is 97.8 cm³/mol. The molecule has 6 heteroatoms. The highest BCUT2D eigenvalue weighted by Crippen LogP contribution is 2.21. The third kappa shape index (κ3) is 5.49. The molecule has 1 aromatic carbocycles. The standard InChI is InChI=1S/C18H27N3O2.ClH/c1-2-3-11-20-17(22)15-9-12-21(13-10-15)18(23)16(19)14-7-5-4-6-8-14;/h4-8,15-16H,2-3,9-13,19H2,1H3,(H,20,22);1H. The lowest BCUT2D eigenvalue weighted by Gasteiger charge is -2.33. The smallest absolute Gasteiger partial charge is 0.244 e. The number of carbonyl (C=O) groups excluding carboxylic acids is 2. The molecule has 0 aromatic heterocycles. The number of hydrogen-bond acceptors (Lipinski definition) is 3. The molecule has 1 heterocycles. The summed E-state index contributed by atoms with van der Waals surface area (Å²) >= 11 is 0. The molecule has 24 heavy (non-hydrogen) atoms. The van der Waals surface area contributed by atoms with Gasteiger partial charge in [0.05, 0.1) is 0 Å². The Bertz CT molecular complexity index is 516. The summed E-state index contributed by atoms with van der Waals surface area (Å²) < 4.78 is 0. The normalized spacial score (nSPS) is 16.2. The van der Waals surface area contributed by atoms with E-state index >= 15 is 0 Å². The van der Waals surface area contributed by atoms with Crippen molar-refractivity contribution in [2.24, 2.45) is 11.7 Å². The molecule has 1 saturated heterocycles. The van der Waals surface area contributed by atoms with E-state index in [0.717, 1.165) is 24.9 Å². The monoisotopic (exact) mass is 353 g/mol. The van der Waals surface area contributed by atoms with Gasteiger partial charge in [-0.2, -0.15) is 0 Å². The van der Waals surface area contributed by atoms with Crippen LogP contribution in [0.2, 0.25) is 0 Å². The Kier molecular flexibility index (Phi) is 8.79. The summed E-state index contributed by atoms with van der Waals surface area (Å²) in [6, 6.07) is 8.80. The molecule has 3 N–H and O–H groups in total. The Hall–Kier alpha value is -1.59. The first kappa shape index (κ1) is 20.5. The molecule has 1 aliphatic heterocycles. The van der Waals surface area contributed by atoms with Gasteiger partial charge in [-0.1, -0.05) is 43.7 Å². The van der Waals surface area contributed by atoms with E-state index in [-0.39, 0.29) is 30.1 Å². The number of benzene rings is 1. The van der Waals surface area contributed by atoms with Gasteiger partial charge < -0.3 is 16.0 Å². The Morgan fingerprint density at radius 2 is 1.88 bits per heavy atom. The van der Waals surface area contributed by atoms with Crippen molar-refractivity contribution in [3.63, 3.8) is 0 Å². The Balaban J connectivity index is 0.00000288. The first-order valence-electron chi connectivity index (χ1n) is 8.50. The van der Waals surface area contributed by atoms with Crippen LogP contribution in [0.3, 0.4) is 0 Å². The molecule has 0 saturated carbocycles. The lowest BCUT2D eigenvalue weighted by Crippen LogP contribution is -2.46. The highest BCUT2D eigenvalue weighted by molar-refractivity contribution is 5.85. The first-order valence-corrected chi connectivity index (χ1v) is 8.50. The fourth-order valence-corrected chi connectivity index (χ4v) is 2.89. The summed E-state index contributed by atoms with van der Waals surface area (Å²) in [6.45, 7) is 4.05. The highest BCUT2D eigenvalue weighted by Gasteiger charge is 2.29. The fraction of sp³-hybridized carbons (Fsp3) is 0.556. The first-order chi connectivity index (χ1) is 11.1. The van der Waals surface area contributed by atoms with E-state index < -0.39 is 6.04 Å². The minimum atomic E-state index is -0.619. The Morgan fingerprint density at radius 3 is 2.46 bits per heavy atom. The molecule has 1 aromatic rings. The number of halogens is 1. The van der Waals surface area contributed by atoms with Gasteiger partial charge in [0.15, 0.2) is 0 Å². The van der Waals surface area contributed by atoms with Crippen molar-refractivity contribution >= 4 is 24.2 Å². The predicted octanol–water partition coefficient (Wildman–Crippen LogP) is 2.26. The number of nitrogens with one attached hydrogen (secondary N) is 1. The number of nitrogens with zero attached hydrogens (tertiary/aromatic N) is 1. The van der Waals surface area contributed by atoms with Crippen LogP contribution in [0, 0.1) is 5.92 Å². The third-order valence-electron chi connectivity index (χ3n) is 4.43. The molecule has 0 bridgehead atoms. The van der Waals surface area contributed by atoms with Gasteiger partial charge in [-0.25, -0.2) is 0 Å². The molecule has 1 atom stereocenters. The van der Waals surface area contributed by atoms with Gasteiger partial charge in [0.1, 0.15) is 6.04 Å². The lowest BCUT2D eigenvalue weighted by molar-refractivity contribution is -0.136. The van der Waals surface area contributed by atoms with Gasteiger partial charge in [-0.15, -0.1) is 12.4 Å². The van der Waals surface area contributed by atoms with Crippen molar-refractivity contribution in [3.05, 3.63) is 35.9 Å². The number of carbonyl (C=O) groups is 2. The average Bonchev–Trinajstić information content (AvgIpc) is 2.61. The van der Waals surface area contributed by atoms with Gasteiger partial charge in [0.25, 0.3) is 0 Å². The zero-order valence-electron chi connectivity index (χ0n) is 14.2. The van der Waals surface area contributed by atoms with Gasteiger partial charge in [0, 0.05) is 25.6 Å². The molecule has 5 nitrogen and oxygen atoms in total. The summed E-state index contributed by atoms with van der Waals surface area (Å²) in [7, 11) is 0. The molecular formula is C18H28ClN3O2. The van der Waals surface area contributed by atoms with Crippen molar-refractivity contribution in [1.82, 2.24) is 10.2 Å². The molecule has 2 rings (SSSR count). The maximum Gasteiger partial charge on any atom is 0.244 e. The second kappa shape index (κ2) is 10.3. The molecule has 1 fully saturated rings. The molecular weight excluding hydrogens is 326 g/mol. The summed E-state index contributed by atoms with van der Waals surface area (Å²) in [5, 5.41) is 2.98. The van der Waals surface area contributed by atoms with E-state index in [9.17, 15) is 9.59 Å². The molecule has 0 spiro atoms. The summed E-state index contributed by atoms with van der Waals surface area (Å²) in [4.78, 5) is 26.3. The topological polar surface area (TPSA) is 75.4 Å². The van der Waals surface area contributed by atoms with E-state index in [1.54, 1.807) is 4.90 Å². The average molecular weight is 354 g/mol. The Labute approximate surface area is 150 Å². The van der Waals surface area contributed by atoms with Crippen LogP contribution in [-0.2, 0) is 9.59 Å². The van der Waals surface area contributed by atoms with Crippen LogP contribution in [0.15, 0.2) is 30.3 Å². The number of nitrogens with two attached hydrogens (primary N) is 1. The highest BCUT2D eigenvalue weighted by atomic mass is 35.5. The number of piperidine rings is 1. The van der Waals surface area contributed by atoms with E-state index in [4.69, 9.17) is 5.73 Å². The van der Waals surface area contributed by atoms with Crippen molar-refractivity contribution in [2.75, 3.05) is 19.6 Å². The second-order valence-corrected chi connectivity index (χ2v) is 6.13. The third-order valence-corrected chi connectivity index (χ3v) is 4.43. The van der Waals surface area contributed by atoms with Crippen LogP contribution in [-0.4, -0.2) is 36.3 Å². The molecule has 2 amide bonds. The Morgan fingerprint density at radius 1 is 1.25 bits per heavy atom. The van der Waals surface area contributed by atoms with Crippen molar-refractivity contribution in [1.29, 1.82) is 0 Å². The van der Waals surface area contributed by atoms with Crippen LogP contribution >= 0.6 is 12.4 Å². The maximum absolute atomic E-state index is 12.5. The minimum absolute atomic E-state index is 0. The largest absolute Gasteiger partial charge is 0.356 e. The van der Waals surface area contributed by atoms with E-state index in [0.29, 0.717) is 25.9 Å². The second-order valence-electron chi connectivity index (χ2n) is 6.13. The van der Waals surface area contributed by atoms with Crippen LogP contribution in [0.1, 0.15) is 44.2 Å². The number of amides is 2. The number of hydrogen-bond donors (Lipinski definition) is 2. The van der Waals surface area contributed by atoms with Gasteiger partial charge >= 0.3 is 0 Å². The van der Waals surface area contributed by atoms with Gasteiger partial charge in [0.2, 0.25) is 11.8 Å². The zero-order valence-corrected chi connectivity index (χ0v) is 15.1. The molecule has 1 aliphatic rings. The number of likely N-dealkylation sites (tertiary alicyclic amines) is 1. The molecule has 0 aliphatic carbocycles. The minimum Gasteiger partial charge on any atom is -0.356 e. The van der Waals surface area contributed by atoms with Gasteiger partial charge in [-0.05, 0) is 24.8 Å². The summed E-state index contributed by atoms with van der Waals surface area (Å²) in [5.74, 6) is 0.0859. The van der Waals surface area contributed by atoms with E-state index in [1.807, 2.05) is 30.3 Å². The molecule has 0 radical (unpaired) electrons. The van der Waals surface area contributed by atoms with Crippen molar-refractivity contribution in [3.8, 4) is 0 Å². The maximum atomic E-state index is 12.5. The van der Waals surface area contributed by atoms with E-state index in [1.165, 1.54) is 0 Å². The number of rotatable bonds is 6. The molecule has 134 valence electrons. The van der Waals surface area contributed by atoms with Crippen LogP contribution in [0.5, 0.6) is 0 Å². The van der Waals surface area contributed by atoms with Gasteiger partial charge in [-0.3, -0.25) is 9.59 Å². The summed E-state index contributed by atoms with van der Waals surface area (Å²) in [5.41, 5.74) is 6.90. The SMILES string of the molecule is CCCCNC(=O)C1CCN(C(=O)C(N)c2ccccc2)CC1.Cl. The van der Waals surface area contributed by atoms with Crippen LogP contribution in [0.25, 0.3) is 0 Å². The summed E-state index contributed by atoms with van der Waals surface area (Å²) in [6.07, 6.45) is 3.51. The zero-order chi connectivity index (χ0) is 16.7. The lowest BCUT2D eigenvalue weighted by atomic mass is 9.95. The van der Waals surface area contributed by atoms with E-state index in [2.05, 4.69) is 12.2 Å². The van der Waals surface area contributed by atoms with Crippen molar-refractivity contribution in [2.45, 2.75) is 38.6 Å². The quantitative estimate of drug-likeness (QED) is 0.770.